The van der Waals surface area contributed by atoms with Crippen LogP contribution in [0.2, 0.25) is 0 Å². The average molecular weight is 277 g/mol. The van der Waals surface area contributed by atoms with Crippen LogP contribution in [-0.2, 0) is 9.63 Å². The Labute approximate surface area is 112 Å². The highest BCUT2D eigenvalue weighted by Crippen LogP contribution is 2.15. The van der Waals surface area contributed by atoms with Crippen LogP contribution >= 0.6 is 0 Å². The maximum atomic E-state index is 9.81. The van der Waals surface area contributed by atoms with Crippen molar-refractivity contribution in [2.24, 2.45) is 5.92 Å². The SMILES string of the molecule is CN(C)CC(=O)O.O=[N+]([O-])OCCC1CCNCC1. The highest BCUT2D eigenvalue weighted by molar-refractivity contribution is 5.68. The van der Waals surface area contributed by atoms with Crippen LogP contribution in [0.4, 0.5) is 0 Å². The summed E-state index contributed by atoms with van der Waals surface area (Å²) in [5, 5.41) is 20.4. The minimum Gasteiger partial charge on any atom is -0.480 e. The smallest absolute Gasteiger partial charge is 0.317 e. The highest BCUT2D eigenvalue weighted by Gasteiger charge is 2.12. The molecule has 0 spiro atoms. The van der Waals surface area contributed by atoms with Crippen LogP contribution in [0.5, 0.6) is 0 Å². The van der Waals surface area contributed by atoms with Gasteiger partial charge in [0.2, 0.25) is 0 Å². The minimum atomic E-state index is -0.787. The molecule has 0 aromatic heterocycles. The number of carbonyl (C=O) groups is 1. The number of hydrogen-bond donors (Lipinski definition) is 2. The number of nitrogens with one attached hydrogen (secondary N) is 1. The van der Waals surface area contributed by atoms with Crippen molar-refractivity contribution in [3.05, 3.63) is 10.1 Å². The lowest BCUT2D eigenvalue weighted by atomic mass is 9.95. The summed E-state index contributed by atoms with van der Waals surface area (Å²) in [4.78, 5) is 25.4. The fourth-order valence-electron chi connectivity index (χ4n) is 1.73. The summed E-state index contributed by atoms with van der Waals surface area (Å²) in [6.07, 6.45) is 3.03. The first-order chi connectivity index (χ1) is 8.91. The van der Waals surface area contributed by atoms with Crippen LogP contribution in [-0.4, -0.2) is 61.4 Å². The van der Waals surface area contributed by atoms with Gasteiger partial charge in [0, 0.05) is 0 Å². The Morgan fingerprint density at radius 2 is 2.05 bits per heavy atom. The van der Waals surface area contributed by atoms with Gasteiger partial charge in [0.15, 0.2) is 0 Å². The zero-order valence-corrected chi connectivity index (χ0v) is 11.5. The van der Waals surface area contributed by atoms with Gasteiger partial charge >= 0.3 is 5.97 Å². The molecule has 0 atom stereocenters. The van der Waals surface area contributed by atoms with Crippen LogP contribution in [0.25, 0.3) is 0 Å². The molecule has 1 saturated heterocycles. The molecule has 1 aliphatic rings. The van der Waals surface area contributed by atoms with Crippen LogP contribution in [0.1, 0.15) is 19.3 Å². The molecule has 8 heteroatoms. The number of carboxylic acid groups (broad SMARTS) is 1. The van der Waals surface area contributed by atoms with E-state index >= 15 is 0 Å². The number of piperidine rings is 1. The van der Waals surface area contributed by atoms with E-state index in [0.717, 1.165) is 32.4 Å². The summed E-state index contributed by atoms with van der Waals surface area (Å²) in [5.74, 6) is -0.184. The predicted molar refractivity (Wildman–Crippen MR) is 69.3 cm³/mol. The van der Waals surface area contributed by atoms with E-state index in [0.29, 0.717) is 5.92 Å². The second-order valence-corrected chi connectivity index (χ2v) is 4.67. The van der Waals surface area contributed by atoms with Crippen molar-refractivity contribution in [2.45, 2.75) is 19.3 Å². The Kier molecular flexibility index (Phi) is 9.73. The first-order valence-electron chi connectivity index (χ1n) is 6.26. The van der Waals surface area contributed by atoms with Crippen LogP contribution in [0.15, 0.2) is 0 Å². The van der Waals surface area contributed by atoms with Gasteiger partial charge in [-0.2, -0.15) is 0 Å². The van der Waals surface area contributed by atoms with E-state index in [1.165, 1.54) is 0 Å². The van der Waals surface area contributed by atoms with Crippen LogP contribution in [0, 0.1) is 16.0 Å². The van der Waals surface area contributed by atoms with Crippen molar-refractivity contribution in [1.82, 2.24) is 10.2 Å². The molecule has 8 nitrogen and oxygen atoms in total. The summed E-state index contributed by atoms with van der Waals surface area (Å²) < 4.78 is 0. The van der Waals surface area contributed by atoms with E-state index in [4.69, 9.17) is 5.11 Å². The molecule has 112 valence electrons. The molecule has 0 amide bonds. The van der Waals surface area contributed by atoms with Gasteiger partial charge in [0.05, 0.1) is 13.2 Å². The summed E-state index contributed by atoms with van der Waals surface area (Å²) in [7, 11) is 3.43. The Hall–Kier alpha value is -1.41. The quantitative estimate of drug-likeness (QED) is 0.528. The van der Waals surface area contributed by atoms with Gasteiger partial charge < -0.3 is 15.3 Å². The zero-order chi connectivity index (χ0) is 14.7. The Morgan fingerprint density at radius 3 is 2.42 bits per heavy atom. The largest absolute Gasteiger partial charge is 0.480 e. The molecule has 1 aliphatic heterocycles. The van der Waals surface area contributed by atoms with E-state index in [9.17, 15) is 14.9 Å². The molecule has 0 unspecified atom stereocenters. The summed E-state index contributed by atoms with van der Waals surface area (Å²) in [6.45, 7) is 2.42. The van der Waals surface area contributed by atoms with E-state index in [-0.39, 0.29) is 13.2 Å². The molecule has 19 heavy (non-hydrogen) atoms. The van der Waals surface area contributed by atoms with E-state index < -0.39 is 11.1 Å². The monoisotopic (exact) mass is 277 g/mol. The summed E-state index contributed by atoms with van der Waals surface area (Å²) in [5.41, 5.74) is 0. The van der Waals surface area contributed by atoms with Crippen molar-refractivity contribution in [3.8, 4) is 0 Å². The van der Waals surface area contributed by atoms with Crippen molar-refractivity contribution in [3.63, 3.8) is 0 Å². The molecular weight excluding hydrogens is 254 g/mol. The lowest BCUT2D eigenvalue weighted by Crippen LogP contribution is -2.28. The Balaban J connectivity index is 0.000000399. The first-order valence-corrected chi connectivity index (χ1v) is 6.26. The van der Waals surface area contributed by atoms with E-state index in [1.807, 2.05) is 0 Å². The normalized spacial score (nSPS) is 15.5. The molecule has 0 aliphatic carbocycles. The van der Waals surface area contributed by atoms with Crippen molar-refractivity contribution in [2.75, 3.05) is 40.3 Å². The van der Waals surface area contributed by atoms with Gasteiger partial charge in [-0.25, -0.2) is 0 Å². The molecule has 0 bridgehead atoms. The molecule has 1 fully saturated rings. The molecule has 1 heterocycles. The average Bonchev–Trinajstić information content (AvgIpc) is 2.28. The molecule has 2 N–H and O–H groups in total. The molecule has 1 rings (SSSR count). The van der Waals surface area contributed by atoms with Gasteiger partial charge in [-0.1, -0.05) is 0 Å². The van der Waals surface area contributed by atoms with Gasteiger partial charge in [0.1, 0.15) is 0 Å². The highest BCUT2D eigenvalue weighted by atomic mass is 16.9. The van der Waals surface area contributed by atoms with Crippen LogP contribution < -0.4 is 5.32 Å². The second-order valence-electron chi connectivity index (χ2n) is 4.67. The number of rotatable bonds is 6. The fourth-order valence-corrected chi connectivity index (χ4v) is 1.73. The maximum absolute atomic E-state index is 9.81. The van der Waals surface area contributed by atoms with E-state index in [2.05, 4.69) is 10.2 Å². The number of hydrogen-bond acceptors (Lipinski definition) is 6. The van der Waals surface area contributed by atoms with Crippen molar-refractivity contribution < 1.29 is 19.8 Å². The molecule has 0 aromatic carbocycles. The second kappa shape index (κ2) is 10.5. The number of carboxylic acids is 1. The number of nitrogens with zero attached hydrogens (tertiary/aromatic N) is 2. The third kappa shape index (κ3) is 12.8. The lowest BCUT2D eigenvalue weighted by Gasteiger charge is -2.21. The third-order valence-corrected chi connectivity index (χ3v) is 2.63. The zero-order valence-electron chi connectivity index (χ0n) is 11.5. The fraction of sp³-hybridized carbons (Fsp3) is 0.909. The first kappa shape index (κ1) is 17.6. The van der Waals surface area contributed by atoms with Gasteiger partial charge in [0.25, 0.3) is 5.09 Å². The van der Waals surface area contributed by atoms with E-state index in [1.54, 1.807) is 19.0 Å². The Morgan fingerprint density at radius 1 is 1.47 bits per heavy atom. The number of likely N-dealkylation sites (N-methyl/N-ethyl adjacent to an activating group) is 1. The van der Waals surface area contributed by atoms with Gasteiger partial charge in [-0.15, -0.1) is 10.1 Å². The summed E-state index contributed by atoms with van der Waals surface area (Å²) in [6, 6.07) is 0. The molecule has 0 saturated carbocycles. The molecule has 0 radical (unpaired) electrons. The van der Waals surface area contributed by atoms with Gasteiger partial charge in [-0.05, 0) is 52.4 Å². The summed E-state index contributed by atoms with van der Waals surface area (Å²) >= 11 is 0. The van der Waals surface area contributed by atoms with Crippen molar-refractivity contribution in [1.29, 1.82) is 0 Å². The van der Waals surface area contributed by atoms with Gasteiger partial charge in [-0.3, -0.25) is 9.69 Å². The minimum absolute atomic E-state index is 0.111. The molecule has 0 aromatic rings. The Bertz CT molecular complexity index is 267. The number of aliphatic carboxylic acids is 1. The third-order valence-electron chi connectivity index (χ3n) is 2.63. The lowest BCUT2D eigenvalue weighted by molar-refractivity contribution is -0.758. The standard InChI is InChI=1S/C7H14N2O3.C4H9NO2/c10-9(11)12-6-3-7-1-4-8-5-2-7;1-5(2)3-4(6)7/h7-8H,1-6H2;3H2,1-2H3,(H,6,7). The molecular formula is C11H23N3O5. The van der Waals surface area contributed by atoms with Crippen molar-refractivity contribution >= 4 is 5.97 Å². The topological polar surface area (TPSA) is 105 Å². The van der Waals surface area contributed by atoms with Crippen LogP contribution in [0.3, 0.4) is 0 Å². The predicted octanol–water partition coefficient (Wildman–Crippen LogP) is 0.217. The maximum Gasteiger partial charge on any atom is 0.317 e.